The van der Waals surface area contributed by atoms with Gasteiger partial charge in [-0.05, 0) is 31.5 Å². The second-order valence-electron chi connectivity index (χ2n) is 4.43. The fraction of sp³-hybridized carbons (Fsp3) is 0.538. The van der Waals surface area contributed by atoms with Gasteiger partial charge in [0.2, 0.25) is 10.0 Å². The maximum absolute atomic E-state index is 12.1. The van der Waals surface area contributed by atoms with Gasteiger partial charge in [-0.1, -0.05) is 25.1 Å². The predicted molar refractivity (Wildman–Crippen MR) is 74.3 cm³/mol. The molecular formula is C13H20N2O2S. The highest BCUT2D eigenvalue weighted by atomic mass is 32.2. The van der Waals surface area contributed by atoms with Gasteiger partial charge < -0.3 is 5.32 Å². The summed E-state index contributed by atoms with van der Waals surface area (Å²) in [6.07, 6.45) is 0.823. The van der Waals surface area contributed by atoms with Crippen LogP contribution in [0.25, 0.3) is 0 Å². The van der Waals surface area contributed by atoms with E-state index in [1.165, 1.54) is 0 Å². The molecule has 0 aliphatic carbocycles. The molecule has 100 valence electrons. The Hall–Kier alpha value is -1.07. The Morgan fingerprint density at radius 3 is 2.72 bits per heavy atom. The molecule has 1 aromatic carbocycles. The van der Waals surface area contributed by atoms with Crippen LogP contribution in [0.5, 0.6) is 0 Å². The quantitative estimate of drug-likeness (QED) is 0.907. The van der Waals surface area contributed by atoms with Gasteiger partial charge in [0, 0.05) is 12.6 Å². The SMILES string of the molecule is CCNC1CCN(S(=O)(=O)CC)c2ccccc21. The van der Waals surface area contributed by atoms with Crippen LogP contribution in [0.2, 0.25) is 0 Å². The van der Waals surface area contributed by atoms with Crippen LogP contribution in [0.15, 0.2) is 24.3 Å². The van der Waals surface area contributed by atoms with E-state index in [0.29, 0.717) is 6.54 Å². The summed E-state index contributed by atoms with van der Waals surface area (Å²) in [4.78, 5) is 0. The minimum absolute atomic E-state index is 0.146. The molecule has 1 aliphatic heterocycles. The Balaban J connectivity index is 2.42. The van der Waals surface area contributed by atoms with Gasteiger partial charge in [0.1, 0.15) is 0 Å². The highest BCUT2D eigenvalue weighted by molar-refractivity contribution is 7.92. The lowest BCUT2D eigenvalue weighted by atomic mass is 9.98. The van der Waals surface area contributed by atoms with Gasteiger partial charge in [-0.25, -0.2) is 8.42 Å². The number of anilines is 1. The number of rotatable bonds is 4. The van der Waals surface area contributed by atoms with E-state index < -0.39 is 10.0 Å². The van der Waals surface area contributed by atoms with Crippen LogP contribution in [0, 0.1) is 0 Å². The van der Waals surface area contributed by atoms with Crippen molar-refractivity contribution in [3.05, 3.63) is 29.8 Å². The second-order valence-corrected chi connectivity index (χ2v) is 6.61. The van der Waals surface area contributed by atoms with Crippen molar-refractivity contribution in [3.63, 3.8) is 0 Å². The summed E-state index contributed by atoms with van der Waals surface area (Å²) in [5, 5.41) is 3.41. The monoisotopic (exact) mass is 268 g/mol. The Labute approximate surface area is 109 Å². The highest BCUT2D eigenvalue weighted by Crippen LogP contribution is 2.35. The molecule has 0 spiro atoms. The van der Waals surface area contributed by atoms with Crippen molar-refractivity contribution < 1.29 is 8.42 Å². The average molecular weight is 268 g/mol. The topological polar surface area (TPSA) is 49.4 Å². The molecule has 1 unspecified atom stereocenters. The van der Waals surface area contributed by atoms with Crippen molar-refractivity contribution >= 4 is 15.7 Å². The molecule has 1 N–H and O–H groups in total. The smallest absolute Gasteiger partial charge is 0.234 e. The van der Waals surface area contributed by atoms with Gasteiger partial charge in [0.05, 0.1) is 11.4 Å². The number of sulfonamides is 1. The highest BCUT2D eigenvalue weighted by Gasteiger charge is 2.30. The van der Waals surface area contributed by atoms with Gasteiger partial charge in [-0.15, -0.1) is 0 Å². The van der Waals surface area contributed by atoms with Gasteiger partial charge >= 0.3 is 0 Å². The average Bonchev–Trinajstić information content (AvgIpc) is 2.39. The standard InChI is InChI=1S/C13H20N2O2S/c1-3-14-12-9-10-15(18(16,17)4-2)13-8-6-5-7-11(12)13/h5-8,12,14H,3-4,9-10H2,1-2H3. The van der Waals surface area contributed by atoms with E-state index in [0.717, 1.165) is 24.2 Å². The van der Waals surface area contributed by atoms with E-state index in [9.17, 15) is 8.42 Å². The Morgan fingerprint density at radius 2 is 2.06 bits per heavy atom. The lowest BCUT2D eigenvalue weighted by Crippen LogP contribution is -2.40. The zero-order valence-corrected chi connectivity index (χ0v) is 11.7. The Kier molecular flexibility index (Phi) is 3.92. The zero-order chi connectivity index (χ0) is 13.2. The molecule has 1 atom stereocenters. The second kappa shape index (κ2) is 5.28. The molecule has 0 aromatic heterocycles. The number of hydrogen-bond donors (Lipinski definition) is 1. The maximum Gasteiger partial charge on any atom is 0.234 e. The van der Waals surface area contributed by atoms with E-state index in [1.54, 1.807) is 11.2 Å². The summed E-state index contributed by atoms with van der Waals surface area (Å²) in [5.74, 6) is 0.146. The van der Waals surface area contributed by atoms with E-state index in [4.69, 9.17) is 0 Å². The van der Waals surface area contributed by atoms with Crippen molar-refractivity contribution in [2.45, 2.75) is 26.3 Å². The molecule has 1 aliphatic rings. The molecule has 4 nitrogen and oxygen atoms in total. The van der Waals surface area contributed by atoms with Crippen molar-refractivity contribution in [2.24, 2.45) is 0 Å². The number of para-hydroxylation sites is 1. The first-order valence-corrected chi connectivity index (χ1v) is 8.03. The van der Waals surface area contributed by atoms with Crippen LogP contribution < -0.4 is 9.62 Å². The first kappa shape index (κ1) is 13.4. The number of nitrogens with zero attached hydrogens (tertiary/aromatic N) is 1. The number of fused-ring (bicyclic) bond motifs is 1. The van der Waals surface area contributed by atoms with Crippen molar-refractivity contribution in [2.75, 3.05) is 23.1 Å². The first-order chi connectivity index (χ1) is 8.60. The number of hydrogen-bond acceptors (Lipinski definition) is 3. The van der Waals surface area contributed by atoms with Crippen LogP contribution in [-0.2, 0) is 10.0 Å². The molecule has 0 saturated carbocycles. The molecule has 0 fully saturated rings. The zero-order valence-electron chi connectivity index (χ0n) is 10.9. The minimum atomic E-state index is -3.17. The minimum Gasteiger partial charge on any atom is -0.310 e. The van der Waals surface area contributed by atoms with Gasteiger partial charge in [-0.3, -0.25) is 4.31 Å². The van der Waals surface area contributed by atoms with Crippen LogP contribution >= 0.6 is 0 Å². The molecule has 2 rings (SSSR count). The van der Waals surface area contributed by atoms with E-state index >= 15 is 0 Å². The summed E-state index contributed by atoms with van der Waals surface area (Å²) in [6, 6.07) is 8.03. The fourth-order valence-electron chi connectivity index (χ4n) is 2.43. The predicted octanol–water partition coefficient (Wildman–Crippen LogP) is 1.90. The molecule has 0 saturated heterocycles. The Bertz CT molecular complexity index is 513. The maximum atomic E-state index is 12.1. The normalized spacial score (nSPS) is 19.7. The molecule has 18 heavy (non-hydrogen) atoms. The summed E-state index contributed by atoms with van der Waals surface area (Å²) in [7, 11) is -3.17. The van der Waals surface area contributed by atoms with Crippen LogP contribution in [0.3, 0.4) is 0 Å². The fourth-order valence-corrected chi connectivity index (χ4v) is 3.60. The molecule has 0 radical (unpaired) electrons. The number of nitrogens with one attached hydrogen (secondary N) is 1. The van der Waals surface area contributed by atoms with E-state index in [2.05, 4.69) is 12.2 Å². The third-order valence-electron chi connectivity index (χ3n) is 3.35. The van der Waals surface area contributed by atoms with Crippen LogP contribution in [-0.4, -0.2) is 27.3 Å². The van der Waals surface area contributed by atoms with Crippen molar-refractivity contribution in [3.8, 4) is 0 Å². The molecular weight excluding hydrogens is 248 g/mol. The third kappa shape index (κ3) is 2.37. The van der Waals surface area contributed by atoms with Crippen LogP contribution in [0.1, 0.15) is 31.9 Å². The van der Waals surface area contributed by atoms with E-state index in [1.807, 2.05) is 24.3 Å². The van der Waals surface area contributed by atoms with Gasteiger partial charge in [-0.2, -0.15) is 0 Å². The molecule has 1 aromatic rings. The molecule has 1 heterocycles. The first-order valence-electron chi connectivity index (χ1n) is 6.43. The lowest BCUT2D eigenvalue weighted by Gasteiger charge is -2.35. The number of benzene rings is 1. The summed E-state index contributed by atoms with van der Waals surface area (Å²) < 4.78 is 25.7. The van der Waals surface area contributed by atoms with Crippen LogP contribution in [0.4, 0.5) is 5.69 Å². The summed E-state index contributed by atoms with van der Waals surface area (Å²) >= 11 is 0. The van der Waals surface area contributed by atoms with Crippen molar-refractivity contribution in [1.29, 1.82) is 0 Å². The molecule has 0 amide bonds. The largest absolute Gasteiger partial charge is 0.310 e. The van der Waals surface area contributed by atoms with Crippen molar-refractivity contribution in [1.82, 2.24) is 5.32 Å². The van der Waals surface area contributed by atoms with E-state index in [-0.39, 0.29) is 11.8 Å². The lowest BCUT2D eigenvalue weighted by molar-refractivity contribution is 0.502. The van der Waals surface area contributed by atoms with Gasteiger partial charge in [0.25, 0.3) is 0 Å². The molecule has 5 heteroatoms. The summed E-state index contributed by atoms with van der Waals surface area (Å²) in [5.41, 5.74) is 1.92. The summed E-state index contributed by atoms with van der Waals surface area (Å²) in [6.45, 7) is 5.20. The third-order valence-corrected chi connectivity index (χ3v) is 5.13. The Morgan fingerprint density at radius 1 is 1.33 bits per heavy atom. The molecule has 0 bridgehead atoms. The van der Waals surface area contributed by atoms with Gasteiger partial charge in [0.15, 0.2) is 0 Å².